The molecule has 7 heteroatoms. The zero-order chi connectivity index (χ0) is 13.5. The molecule has 1 aliphatic rings. The van der Waals surface area contributed by atoms with Crippen LogP contribution in [0, 0.1) is 6.92 Å². The summed E-state index contributed by atoms with van der Waals surface area (Å²) in [7, 11) is 0. The van der Waals surface area contributed by atoms with Gasteiger partial charge in [0.1, 0.15) is 10.6 Å². The van der Waals surface area contributed by atoms with Crippen molar-refractivity contribution in [2.24, 2.45) is 5.84 Å². The van der Waals surface area contributed by atoms with Gasteiger partial charge in [-0.3, -0.25) is 5.43 Å². The molecule has 1 atom stereocenters. The van der Waals surface area contributed by atoms with Gasteiger partial charge in [-0.2, -0.15) is 4.98 Å². The van der Waals surface area contributed by atoms with Crippen LogP contribution in [0.15, 0.2) is 6.07 Å². The number of ether oxygens (including phenoxy) is 1. The lowest BCUT2D eigenvalue weighted by molar-refractivity contribution is 0.185. The van der Waals surface area contributed by atoms with Crippen molar-refractivity contribution in [2.75, 3.05) is 24.0 Å². The van der Waals surface area contributed by atoms with Crippen molar-refractivity contribution in [3.63, 3.8) is 0 Å². The Hall–Kier alpha value is -1.44. The van der Waals surface area contributed by atoms with E-state index in [2.05, 4.69) is 40.6 Å². The fourth-order valence-corrected chi connectivity index (χ4v) is 3.13. The average Bonchev–Trinajstić information content (AvgIpc) is 2.94. The number of aromatic nitrogens is 2. The average molecular weight is 279 g/mol. The highest BCUT2D eigenvalue weighted by molar-refractivity contribution is 7.18. The third-order valence-electron chi connectivity index (χ3n) is 3.28. The molecule has 6 nitrogen and oxygen atoms in total. The molecule has 19 heavy (non-hydrogen) atoms. The first-order chi connectivity index (χ1) is 9.09. The first-order valence-electron chi connectivity index (χ1n) is 6.20. The second-order valence-electron chi connectivity index (χ2n) is 5.10. The zero-order valence-electron chi connectivity index (χ0n) is 11.0. The predicted octanol–water partition coefficient (Wildman–Crippen LogP) is 1.88. The number of aryl methyl sites for hydroxylation is 1. The molecule has 0 amide bonds. The van der Waals surface area contributed by atoms with Crippen LogP contribution in [0.5, 0.6) is 0 Å². The number of fused-ring (bicyclic) bond motifs is 1. The lowest BCUT2D eigenvalue weighted by Gasteiger charge is -2.24. The molecule has 1 unspecified atom stereocenters. The molecule has 2 aromatic rings. The fraction of sp³-hybridized carbons (Fsp3) is 0.500. The van der Waals surface area contributed by atoms with Crippen LogP contribution in [-0.4, -0.2) is 28.7 Å². The summed E-state index contributed by atoms with van der Waals surface area (Å²) in [5, 5.41) is 4.52. The molecule has 0 radical (unpaired) electrons. The van der Waals surface area contributed by atoms with Crippen LogP contribution in [0.2, 0.25) is 0 Å². The van der Waals surface area contributed by atoms with Gasteiger partial charge in [-0.1, -0.05) is 0 Å². The van der Waals surface area contributed by atoms with Crippen LogP contribution in [0.3, 0.4) is 0 Å². The number of hydrogen-bond acceptors (Lipinski definition) is 7. The number of nitrogens with one attached hydrogen (secondary N) is 2. The molecule has 4 N–H and O–H groups in total. The van der Waals surface area contributed by atoms with Gasteiger partial charge in [-0.05, 0) is 26.3 Å². The third kappa shape index (κ3) is 2.36. The fourth-order valence-electron chi connectivity index (χ4n) is 2.25. The van der Waals surface area contributed by atoms with Gasteiger partial charge in [-0.25, -0.2) is 10.8 Å². The predicted molar refractivity (Wildman–Crippen MR) is 77.4 cm³/mol. The number of hydrogen-bond donors (Lipinski definition) is 3. The Morgan fingerprint density at radius 3 is 3.00 bits per heavy atom. The minimum absolute atomic E-state index is 0.0804. The normalized spacial score (nSPS) is 22.9. The Labute approximate surface area is 115 Å². The number of thiophene rings is 1. The number of anilines is 2. The molecule has 2 aromatic heterocycles. The van der Waals surface area contributed by atoms with Crippen molar-refractivity contribution >= 4 is 33.3 Å². The summed E-state index contributed by atoms with van der Waals surface area (Å²) in [6.07, 6.45) is 0.965. The van der Waals surface area contributed by atoms with E-state index in [0.717, 1.165) is 29.1 Å². The quantitative estimate of drug-likeness (QED) is 0.587. The number of nitrogens with two attached hydrogens (primary N) is 1. The summed E-state index contributed by atoms with van der Waals surface area (Å²) in [5.41, 5.74) is 2.44. The summed E-state index contributed by atoms with van der Waals surface area (Å²) in [6.45, 7) is 5.67. The summed E-state index contributed by atoms with van der Waals surface area (Å²) in [6, 6.07) is 2.10. The van der Waals surface area contributed by atoms with Gasteiger partial charge in [0.2, 0.25) is 5.95 Å². The van der Waals surface area contributed by atoms with E-state index in [1.807, 2.05) is 0 Å². The smallest absolute Gasteiger partial charge is 0.240 e. The molecule has 0 aromatic carbocycles. The summed E-state index contributed by atoms with van der Waals surface area (Å²) in [4.78, 5) is 10.9. The minimum atomic E-state index is -0.0804. The molecular formula is C12H17N5OS. The standard InChI is InChI=1S/C12H17N5OS/c1-7-5-8-9(16-12(2)3-4-18-6-12)14-11(17-13)15-10(8)19-7/h5H,3-4,6,13H2,1-2H3,(H2,14,15,16,17). The van der Waals surface area contributed by atoms with Crippen LogP contribution in [-0.2, 0) is 4.74 Å². The van der Waals surface area contributed by atoms with Crippen LogP contribution in [0.4, 0.5) is 11.8 Å². The highest BCUT2D eigenvalue weighted by Gasteiger charge is 2.30. The monoisotopic (exact) mass is 279 g/mol. The van der Waals surface area contributed by atoms with Gasteiger partial charge in [0.05, 0.1) is 17.5 Å². The molecule has 3 heterocycles. The third-order valence-corrected chi connectivity index (χ3v) is 4.23. The van der Waals surface area contributed by atoms with E-state index >= 15 is 0 Å². The van der Waals surface area contributed by atoms with E-state index < -0.39 is 0 Å². The lowest BCUT2D eigenvalue weighted by atomic mass is 10.0. The summed E-state index contributed by atoms with van der Waals surface area (Å²) >= 11 is 1.63. The second kappa shape index (κ2) is 4.59. The largest absolute Gasteiger partial charge is 0.379 e. The number of hydrazine groups is 1. The van der Waals surface area contributed by atoms with Crippen LogP contribution >= 0.6 is 11.3 Å². The minimum Gasteiger partial charge on any atom is -0.379 e. The van der Waals surface area contributed by atoms with Gasteiger partial charge in [-0.15, -0.1) is 11.3 Å². The Bertz CT molecular complexity index is 605. The maximum Gasteiger partial charge on any atom is 0.240 e. The van der Waals surface area contributed by atoms with Gasteiger partial charge in [0.25, 0.3) is 0 Å². The first-order valence-corrected chi connectivity index (χ1v) is 7.02. The van der Waals surface area contributed by atoms with E-state index in [0.29, 0.717) is 12.6 Å². The Kier molecular flexibility index (Phi) is 3.04. The van der Waals surface area contributed by atoms with E-state index in [4.69, 9.17) is 10.6 Å². The molecule has 0 spiro atoms. The summed E-state index contributed by atoms with van der Waals surface area (Å²) < 4.78 is 5.46. The highest BCUT2D eigenvalue weighted by Crippen LogP contribution is 2.32. The van der Waals surface area contributed by atoms with E-state index in [9.17, 15) is 0 Å². The van der Waals surface area contributed by atoms with E-state index in [1.165, 1.54) is 4.88 Å². The van der Waals surface area contributed by atoms with Crippen LogP contribution in [0.1, 0.15) is 18.2 Å². The van der Waals surface area contributed by atoms with Gasteiger partial charge >= 0.3 is 0 Å². The van der Waals surface area contributed by atoms with Gasteiger partial charge in [0, 0.05) is 11.5 Å². The molecule has 0 saturated carbocycles. The molecule has 1 aliphatic heterocycles. The van der Waals surface area contributed by atoms with Gasteiger partial charge in [0.15, 0.2) is 0 Å². The lowest BCUT2D eigenvalue weighted by Crippen LogP contribution is -2.35. The van der Waals surface area contributed by atoms with E-state index in [-0.39, 0.29) is 5.54 Å². The molecule has 1 fully saturated rings. The molecule has 1 saturated heterocycles. The second-order valence-corrected chi connectivity index (χ2v) is 6.34. The molecule has 102 valence electrons. The maximum atomic E-state index is 5.46. The number of nitrogens with zero attached hydrogens (tertiary/aromatic N) is 2. The number of rotatable bonds is 3. The SMILES string of the molecule is Cc1cc2c(NC3(C)CCOC3)nc(NN)nc2s1. The molecular weight excluding hydrogens is 262 g/mol. The topological polar surface area (TPSA) is 85.1 Å². The van der Waals surface area contributed by atoms with Crippen molar-refractivity contribution in [3.8, 4) is 0 Å². The Balaban J connectivity index is 2.05. The van der Waals surface area contributed by atoms with Crippen LogP contribution < -0.4 is 16.6 Å². The van der Waals surface area contributed by atoms with Crippen molar-refractivity contribution in [2.45, 2.75) is 25.8 Å². The maximum absolute atomic E-state index is 5.46. The molecule has 3 rings (SSSR count). The van der Waals surface area contributed by atoms with Gasteiger partial charge < -0.3 is 10.1 Å². The highest BCUT2D eigenvalue weighted by atomic mass is 32.1. The van der Waals surface area contributed by atoms with Crippen molar-refractivity contribution < 1.29 is 4.74 Å². The molecule has 0 bridgehead atoms. The van der Waals surface area contributed by atoms with Crippen molar-refractivity contribution in [1.29, 1.82) is 0 Å². The van der Waals surface area contributed by atoms with Crippen LogP contribution in [0.25, 0.3) is 10.2 Å². The first kappa shape index (κ1) is 12.6. The van der Waals surface area contributed by atoms with Crippen molar-refractivity contribution in [1.82, 2.24) is 9.97 Å². The zero-order valence-corrected chi connectivity index (χ0v) is 11.8. The Morgan fingerprint density at radius 2 is 2.32 bits per heavy atom. The number of nitrogen functional groups attached to an aromatic ring is 1. The van der Waals surface area contributed by atoms with Crippen molar-refractivity contribution in [3.05, 3.63) is 10.9 Å². The Morgan fingerprint density at radius 1 is 1.47 bits per heavy atom. The van der Waals surface area contributed by atoms with E-state index in [1.54, 1.807) is 11.3 Å². The molecule has 0 aliphatic carbocycles. The summed E-state index contributed by atoms with van der Waals surface area (Å²) in [5.74, 6) is 6.68.